The fraction of sp³-hybridized carbons (Fsp3) is 0.462. The Labute approximate surface area is 123 Å². The number of aliphatic hydroxyl groups excluding tert-OH is 1. The lowest BCUT2D eigenvalue weighted by atomic mass is 10.2. The van der Waals surface area contributed by atoms with Gasteiger partial charge >= 0.3 is 5.97 Å². The van der Waals surface area contributed by atoms with Crippen LogP contribution in [0, 0.1) is 0 Å². The van der Waals surface area contributed by atoms with E-state index in [1.165, 1.54) is 12.1 Å². The highest BCUT2D eigenvalue weighted by Crippen LogP contribution is 2.19. The van der Waals surface area contributed by atoms with Crippen LogP contribution in [-0.2, 0) is 10.0 Å². The van der Waals surface area contributed by atoms with Crippen molar-refractivity contribution in [1.29, 1.82) is 0 Å². The molecule has 0 aromatic heterocycles. The Kier molecular flexibility index (Phi) is 6.60. The van der Waals surface area contributed by atoms with Gasteiger partial charge in [0.15, 0.2) is 0 Å². The Hall–Kier alpha value is -1.64. The van der Waals surface area contributed by atoms with Gasteiger partial charge in [0, 0.05) is 18.8 Å². The predicted octanol–water partition coefficient (Wildman–Crippen LogP) is 0.798. The molecule has 0 saturated heterocycles. The summed E-state index contributed by atoms with van der Waals surface area (Å²) in [5.41, 5.74) is 5.32. The molecule has 0 radical (unpaired) electrons. The van der Waals surface area contributed by atoms with Crippen LogP contribution in [0.1, 0.15) is 36.0 Å². The van der Waals surface area contributed by atoms with Crippen molar-refractivity contribution in [2.24, 2.45) is 0 Å². The molecule has 0 atom stereocenters. The second-order valence-corrected chi connectivity index (χ2v) is 6.33. The second-order valence-electron chi connectivity index (χ2n) is 4.60. The van der Waals surface area contributed by atoms with E-state index in [1.54, 1.807) is 0 Å². The Balaban J connectivity index is 2.72. The summed E-state index contributed by atoms with van der Waals surface area (Å²) in [6.07, 6.45) is 2.92. The molecule has 8 heteroatoms. The van der Waals surface area contributed by atoms with E-state index < -0.39 is 16.0 Å². The fourth-order valence-electron chi connectivity index (χ4n) is 1.82. The minimum absolute atomic E-state index is 0.124. The van der Waals surface area contributed by atoms with Gasteiger partial charge in [0.05, 0.1) is 10.5 Å². The van der Waals surface area contributed by atoms with Crippen molar-refractivity contribution < 1.29 is 23.4 Å². The molecule has 1 aromatic carbocycles. The van der Waals surface area contributed by atoms with Gasteiger partial charge in [0.25, 0.3) is 0 Å². The first-order valence-corrected chi connectivity index (χ1v) is 8.10. The molecule has 0 unspecified atom stereocenters. The number of hydrogen-bond acceptors (Lipinski definition) is 5. The monoisotopic (exact) mass is 316 g/mol. The van der Waals surface area contributed by atoms with Gasteiger partial charge < -0.3 is 15.9 Å². The van der Waals surface area contributed by atoms with Gasteiger partial charge in [-0.2, -0.15) is 0 Å². The Bertz CT molecular complexity index is 586. The molecule has 0 spiro atoms. The second kappa shape index (κ2) is 7.96. The van der Waals surface area contributed by atoms with Crippen molar-refractivity contribution in [3.63, 3.8) is 0 Å². The Morgan fingerprint density at radius 3 is 2.48 bits per heavy atom. The normalized spacial score (nSPS) is 11.5. The lowest BCUT2D eigenvalue weighted by molar-refractivity contribution is 0.0692. The number of nitrogen functional groups attached to an aromatic ring is 1. The third kappa shape index (κ3) is 5.33. The highest BCUT2D eigenvalue weighted by molar-refractivity contribution is 7.89. The molecule has 118 valence electrons. The molecular weight excluding hydrogens is 296 g/mol. The van der Waals surface area contributed by atoms with E-state index in [0.717, 1.165) is 18.9 Å². The minimum Gasteiger partial charge on any atom is -0.478 e. The van der Waals surface area contributed by atoms with Crippen LogP contribution in [0.3, 0.4) is 0 Å². The maximum atomic E-state index is 12.1. The molecule has 0 aliphatic rings. The highest BCUT2D eigenvalue weighted by atomic mass is 32.2. The lowest BCUT2D eigenvalue weighted by Crippen LogP contribution is -2.26. The van der Waals surface area contributed by atoms with Gasteiger partial charge in [-0.1, -0.05) is 12.8 Å². The van der Waals surface area contributed by atoms with Gasteiger partial charge in [-0.15, -0.1) is 0 Å². The van der Waals surface area contributed by atoms with Crippen LogP contribution in [0.4, 0.5) is 5.69 Å². The molecule has 1 rings (SSSR count). The number of sulfonamides is 1. The van der Waals surface area contributed by atoms with Gasteiger partial charge in [0.1, 0.15) is 0 Å². The zero-order valence-electron chi connectivity index (χ0n) is 11.6. The summed E-state index contributed by atoms with van der Waals surface area (Å²) in [5.74, 6) is -1.34. The number of aliphatic hydroxyl groups is 1. The van der Waals surface area contributed by atoms with Crippen LogP contribution in [0.5, 0.6) is 0 Å². The van der Waals surface area contributed by atoms with Crippen LogP contribution < -0.4 is 10.5 Å². The lowest BCUT2D eigenvalue weighted by Gasteiger charge is -2.10. The number of nitrogens with two attached hydrogens (primary N) is 1. The van der Waals surface area contributed by atoms with Crippen molar-refractivity contribution in [3.05, 3.63) is 23.8 Å². The quantitative estimate of drug-likeness (QED) is 0.394. The molecule has 0 aliphatic heterocycles. The molecule has 7 nitrogen and oxygen atoms in total. The standard InChI is InChI=1S/C13H20N2O5S/c14-10-5-6-12(11(9-10)13(17)18)21(19,20)15-7-3-1-2-4-8-16/h5-6,9,15-16H,1-4,7-8,14H2,(H,17,18). The average Bonchev–Trinajstić information content (AvgIpc) is 2.42. The molecule has 0 heterocycles. The third-order valence-electron chi connectivity index (χ3n) is 2.90. The summed E-state index contributed by atoms with van der Waals surface area (Å²) < 4.78 is 26.6. The summed E-state index contributed by atoms with van der Waals surface area (Å²) in [6.45, 7) is 0.344. The smallest absolute Gasteiger partial charge is 0.337 e. The number of benzene rings is 1. The number of carboxylic acids is 1. The maximum Gasteiger partial charge on any atom is 0.337 e. The number of hydrogen-bond donors (Lipinski definition) is 4. The van der Waals surface area contributed by atoms with Gasteiger partial charge in [-0.25, -0.2) is 17.9 Å². The summed E-state index contributed by atoms with van der Waals surface area (Å²) in [6, 6.07) is 3.66. The van der Waals surface area contributed by atoms with E-state index in [4.69, 9.17) is 15.9 Å². The van der Waals surface area contributed by atoms with Crippen molar-refractivity contribution in [2.75, 3.05) is 18.9 Å². The van der Waals surface area contributed by atoms with E-state index in [9.17, 15) is 13.2 Å². The summed E-state index contributed by atoms with van der Waals surface area (Å²) >= 11 is 0. The molecule has 1 aromatic rings. The Morgan fingerprint density at radius 1 is 1.19 bits per heavy atom. The fourth-order valence-corrected chi connectivity index (χ4v) is 3.08. The molecule has 0 saturated carbocycles. The third-order valence-corrected chi connectivity index (χ3v) is 4.42. The zero-order valence-corrected chi connectivity index (χ0v) is 12.4. The first-order chi connectivity index (χ1) is 9.88. The zero-order chi connectivity index (χ0) is 15.9. The number of anilines is 1. The Morgan fingerprint density at radius 2 is 1.86 bits per heavy atom. The summed E-state index contributed by atoms with van der Waals surface area (Å²) in [7, 11) is -3.88. The van der Waals surface area contributed by atoms with E-state index >= 15 is 0 Å². The van der Waals surface area contributed by atoms with Crippen LogP contribution in [0.15, 0.2) is 23.1 Å². The SMILES string of the molecule is Nc1ccc(S(=O)(=O)NCCCCCCO)c(C(=O)O)c1. The predicted molar refractivity (Wildman–Crippen MR) is 78.6 cm³/mol. The highest BCUT2D eigenvalue weighted by Gasteiger charge is 2.21. The first kappa shape index (κ1) is 17.4. The average molecular weight is 316 g/mol. The van der Waals surface area contributed by atoms with Crippen LogP contribution in [-0.4, -0.2) is 37.8 Å². The minimum atomic E-state index is -3.88. The molecule has 0 bridgehead atoms. The van der Waals surface area contributed by atoms with Gasteiger partial charge in [0.2, 0.25) is 10.0 Å². The van der Waals surface area contributed by atoms with Crippen molar-refractivity contribution >= 4 is 21.7 Å². The van der Waals surface area contributed by atoms with E-state index in [1.807, 2.05) is 0 Å². The number of unbranched alkanes of at least 4 members (excludes halogenated alkanes) is 3. The molecule has 0 aliphatic carbocycles. The van der Waals surface area contributed by atoms with Crippen LogP contribution >= 0.6 is 0 Å². The van der Waals surface area contributed by atoms with Crippen LogP contribution in [0.25, 0.3) is 0 Å². The topological polar surface area (TPSA) is 130 Å². The van der Waals surface area contributed by atoms with Crippen molar-refractivity contribution in [3.8, 4) is 0 Å². The molecular formula is C13H20N2O5S. The number of aromatic carboxylic acids is 1. The molecule has 0 fully saturated rings. The first-order valence-electron chi connectivity index (χ1n) is 6.62. The molecule has 0 amide bonds. The van der Waals surface area contributed by atoms with Gasteiger partial charge in [-0.3, -0.25) is 0 Å². The number of nitrogens with one attached hydrogen (secondary N) is 1. The van der Waals surface area contributed by atoms with Crippen molar-refractivity contribution in [1.82, 2.24) is 4.72 Å². The van der Waals surface area contributed by atoms with Gasteiger partial charge in [-0.05, 0) is 31.0 Å². The van der Waals surface area contributed by atoms with E-state index in [2.05, 4.69) is 4.72 Å². The maximum absolute atomic E-state index is 12.1. The largest absolute Gasteiger partial charge is 0.478 e. The molecule has 5 N–H and O–H groups in total. The molecule has 21 heavy (non-hydrogen) atoms. The van der Waals surface area contributed by atoms with E-state index in [-0.39, 0.29) is 29.3 Å². The summed E-state index contributed by atoms with van der Waals surface area (Å²) in [4.78, 5) is 10.8. The summed E-state index contributed by atoms with van der Waals surface area (Å²) in [5, 5.41) is 17.7. The van der Waals surface area contributed by atoms with Crippen molar-refractivity contribution in [2.45, 2.75) is 30.6 Å². The van der Waals surface area contributed by atoms with Crippen LogP contribution in [0.2, 0.25) is 0 Å². The number of rotatable bonds is 9. The van der Waals surface area contributed by atoms with E-state index in [0.29, 0.717) is 12.8 Å². The number of carbonyl (C=O) groups is 1. The number of carboxylic acid groups (broad SMARTS) is 1.